The number of hydrogen-bond acceptors (Lipinski definition) is 2. The van der Waals surface area contributed by atoms with Crippen molar-refractivity contribution in [3.05, 3.63) is 35.4 Å². The van der Waals surface area contributed by atoms with Gasteiger partial charge in [0.15, 0.2) is 5.96 Å². The maximum atomic E-state index is 5.53. The van der Waals surface area contributed by atoms with Crippen molar-refractivity contribution in [2.45, 2.75) is 39.8 Å². The van der Waals surface area contributed by atoms with Gasteiger partial charge in [-0.3, -0.25) is 4.99 Å². The molecule has 1 aromatic carbocycles. The maximum Gasteiger partial charge on any atom is 0.193 e. The molecule has 0 amide bonds. The first-order chi connectivity index (χ1) is 10.2. The van der Waals surface area contributed by atoms with Crippen LogP contribution in [0.5, 0.6) is 0 Å². The lowest BCUT2D eigenvalue weighted by atomic mass is 10.1. The molecule has 0 aliphatic heterocycles. The van der Waals surface area contributed by atoms with E-state index < -0.39 is 0 Å². The van der Waals surface area contributed by atoms with Crippen LogP contribution in [0.25, 0.3) is 0 Å². The summed E-state index contributed by atoms with van der Waals surface area (Å²) in [4.78, 5) is 6.52. The molecule has 1 rings (SSSR count). The number of halogens is 1. The van der Waals surface area contributed by atoms with Crippen LogP contribution in [0.3, 0.4) is 0 Å². The number of ether oxygens (including phenoxy) is 1. The number of rotatable bonds is 8. The van der Waals surface area contributed by atoms with Gasteiger partial charge in [0.2, 0.25) is 0 Å². The third kappa shape index (κ3) is 7.45. The van der Waals surface area contributed by atoms with Crippen molar-refractivity contribution in [1.82, 2.24) is 10.2 Å². The van der Waals surface area contributed by atoms with E-state index in [2.05, 4.69) is 53.4 Å². The van der Waals surface area contributed by atoms with E-state index in [1.807, 2.05) is 14.0 Å². The van der Waals surface area contributed by atoms with Crippen molar-refractivity contribution >= 4 is 29.9 Å². The SMILES string of the molecule is CCCCN(C)C(=NC)NCc1ccccc1COCC.I. The molecular weight excluding hydrogens is 389 g/mol. The minimum absolute atomic E-state index is 0. The van der Waals surface area contributed by atoms with Crippen LogP contribution in [-0.2, 0) is 17.9 Å². The Bertz CT molecular complexity index is 438. The quantitative estimate of drug-likeness (QED) is 0.397. The molecule has 0 unspecified atom stereocenters. The summed E-state index contributed by atoms with van der Waals surface area (Å²) < 4.78 is 5.53. The number of unbranched alkanes of at least 4 members (excludes halogenated alkanes) is 1. The summed E-state index contributed by atoms with van der Waals surface area (Å²) in [7, 11) is 3.91. The lowest BCUT2D eigenvalue weighted by molar-refractivity contribution is 0.133. The zero-order valence-electron chi connectivity index (χ0n) is 14.3. The zero-order valence-corrected chi connectivity index (χ0v) is 16.6. The summed E-state index contributed by atoms with van der Waals surface area (Å²) in [5.41, 5.74) is 2.49. The molecule has 1 N–H and O–H groups in total. The normalized spacial score (nSPS) is 11.0. The Hall–Kier alpha value is -0.820. The molecule has 0 radical (unpaired) electrons. The van der Waals surface area contributed by atoms with Crippen LogP contribution >= 0.6 is 24.0 Å². The lowest BCUT2D eigenvalue weighted by Gasteiger charge is -2.22. The summed E-state index contributed by atoms with van der Waals surface area (Å²) in [5.74, 6) is 0.940. The second-order valence-electron chi connectivity index (χ2n) is 5.08. The Morgan fingerprint density at radius 2 is 1.91 bits per heavy atom. The fourth-order valence-corrected chi connectivity index (χ4v) is 2.14. The molecule has 0 aliphatic carbocycles. The molecule has 4 nitrogen and oxygen atoms in total. The van der Waals surface area contributed by atoms with Gasteiger partial charge in [0.1, 0.15) is 0 Å². The zero-order chi connectivity index (χ0) is 15.5. The van der Waals surface area contributed by atoms with Crippen molar-refractivity contribution in [1.29, 1.82) is 0 Å². The van der Waals surface area contributed by atoms with Crippen molar-refractivity contribution < 1.29 is 4.74 Å². The van der Waals surface area contributed by atoms with Crippen LogP contribution in [0, 0.1) is 0 Å². The van der Waals surface area contributed by atoms with Gasteiger partial charge in [-0.15, -0.1) is 24.0 Å². The van der Waals surface area contributed by atoms with Gasteiger partial charge in [0.05, 0.1) is 6.61 Å². The van der Waals surface area contributed by atoms with E-state index in [9.17, 15) is 0 Å². The molecule has 0 aliphatic rings. The Labute approximate surface area is 152 Å². The number of aliphatic imine (C=N–C) groups is 1. The van der Waals surface area contributed by atoms with E-state index in [0.29, 0.717) is 6.61 Å². The first kappa shape index (κ1) is 21.2. The smallest absolute Gasteiger partial charge is 0.193 e. The van der Waals surface area contributed by atoms with Gasteiger partial charge >= 0.3 is 0 Å². The van der Waals surface area contributed by atoms with E-state index in [1.54, 1.807) is 0 Å². The number of nitrogens with one attached hydrogen (secondary N) is 1. The monoisotopic (exact) mass is 419 g/mol. The Balaban J connectivity index is 0.00000441. The van der Waals surface area contributed by atoms with E-state index in [-0.39, 0.29) is 24.0 Å². The average molecular weight is 419 g/mol. The van der Waals surface area contributed by atoms with Gasteiger partial charge in [-0.2, -0.15) is 0 Å². The van der Waals surface area contributed by atoms with E-state index in [1.165, 1.54) is 24.0 Å². The Morgan fingerprint density at radius 3 is 2.50 bits per heavy atom. The van der Waals surface area contributed by atoms with Crippen molar-refractivity contribution in [3.63, 3.8) is 0 Å². The molecule has 0 fully saturated rings. The Morgan fingerprint density at radius 1 is 1.23 bits per heavy atom. The van der Waals surface area contributed by atoms with E-state index >= 15 is 0 Å². The number of guanidine groups is 1. The van der Waals surface area contributed by atoms with Crippen LogP contribution < -0.4 is 5.32 Å². The molecule has 5 heteroatoms. The minimum atomic E-state index is 0. The number of benzene rings is 1. The predicted octanol–water partition coefficient (Wildman–Crippen LogP) is 3.65. The molecule has 0 heterocycles. The van der Waals surface area contributed by atoms with E-state index in [0.717, 1.165) is 25.7 Å². The highest BCUT2D eigenvalue weighted by atomic mass is 127. The van der Waals surface area contributed by atoms with Crippen LogP contribution in [0.1, 0.15) is 37.8 Å². The minimum Gasteiger partial charge on any atom is -0.377 e. The number of nitrogens with zero attached hydrogens (tertiary/aromatic N) is 2. The molecule has 0 aromatic heterocycles. The standard InChI is InChI=1S/C17H29N3O.HI/c1-5-7-12-20(4)17(18-3)19-13-15-10-8-9-11-16(15)14-21-6-2;/h8-11H,5-7,12-14H2,1-4H3,(H,18,19);1H. The van der Waals surface area contributed by atoms with Gasteiger partial charge in [-0.25, -0.2) is 0 Å². The fourth-order valence-electron chi connectivity index (χ4n) is 2.14. The van der Waals surface area contributed by atoms with Gasteiger partial charge in [0, 0.05) is 33.8 Å². The summed E-state index contributed by atoms with van der Waals surface area (Å²) >= 11 is 0. The van der Waals surface area contributed by atoms with Crippen molar-refractivity contribution in [2.24, 2.45) is 4.99 Å². The first-order valence-corrected chi connectivity index (χ1v) is 7.79. The van der Waals surface area contributed by atoms with Gasteiger partial charge in [0.25, 0.3) is 0 Å². The van der Waals surface area contributed by atoms with Gasteiger partial charge < -0.3 is 15.0 Å². The molecule has 0 spiro atoms. The lowest BCUT2D eigenvalue weighted by Crippen LogP contribution is -2.39. The van der Waals surface area contributed by atoms with Crippen molar-refractivity contribution in [3.8, 4) is 0 Å². The highest BCUT2D eigenvalue weighted by Crippen LogP contribution is 2.10. The third-order valence-electron chi connectivity index (χ3n) is 3.44. The van der Waals surface area contributed by atoms with Crippen LogP contribution in [0.4, 0.5) is 0 Å². The van der Waals surface area contributed by atoms with E-state index in [4.69, 9.17) is 4.74 Å². The highest BCUT2D eigenvalue weighted by molar-refractivity contribution is 14.0. The molecule has 0 saturated carbocycles. The first-order valence-electron chi connectivity index (χ1n) is 7.79. The maximum absolute atomic E-state index is 5.53. The third-order valence-corrected chi connectivity index (χ3v) is 3.44. The topological polar surface area (TPSA) is 36.9 Å². The summed E-state index contributed by atoms with van der Waals surface area (Å²) in [6, 6.07) is 8.38. The van der Waals surface area contributed by atoms with Crippen LogP contribution in [-0.4, -0.2) is 38.1 Å². The second-order valence-corrected chi connectivity index (χ2v) is 5.08. The molecule has 22 heavy (non-hydrogen) atoms. The van der Waals surface area contributed by atoms with Crippen LogP contribution in [0.2, 0.25) is 0 Å². The summed E-state index contributed by atoms with van der Waals surface area (Å²) in [6.07, 6.45) is 2.37. The van der Waals surface area contributed by atoms with Gasteiger partial charge in [-0.05, 0) is 24.5 Å². The molecule has 1 aromatic rings. The van der Waals surface area contributed by atoms with Gasteiger partial charge in [-0.1, -0.05) is 37.6 Å². The predicted molar refractivity (Wildman–Crippen MR) is 105 cm³/mol. The molecule has 0 atom stereocenters. The largest absolute Gasteiger partial charge is 0.377 e. The number of hydrogen-bond donors (Lipinski definition) is 1. The summed E-state index contributed by atoms with van der Waals surface area (Å²) in [6.45, 7) is 7.42. The molecule has 0 bridgehead atoms. The highest BCUT2D eigenvalue weighted by Gasteiger charge is 2.07. The molecule has 0 saturated heterocycles. The Kier molecular flexibility index (Phi) is 12.2. The second kappa shape index (κ2) is 12.7. The molecule has 126 valence electrons. The summed E-state index contributed by atoms with van der Waals surface area (Å²) in [5, 5.41) is 3.43. The average Bonchev–Trinajstić information content (AvgIpc) is 2.52. The molecular formula is C17H30IN3O. The van der Waals surface area contributed by atoms with Crippen LogP contribution in [0.15, 0.2) is 29.3 Å². The van der Waals surface area contributed by atoms with Crippen molar-refractivity contribution in [2.75, 3.05) is 27.2 Å². The fraction of sp³-hybridized carbons (Fsp3) is 0.588.